The molecule has 1 aliphatic heterocycles. The van der Waals surface area contributed by atoms with Crippen molar-refractivity contribution in [2.75, 3.05) is 11.5 Å². The van der Waals surface area contributed by atoms with E-state index in [-0.39, 0.29) is 5.91 Å². The van der Waals surface area contributed by atoms with Gasteiger partial charge in [0.25, 0.3) is 5.91 Å². The molecule has 0 atom stereocenters. The van der Waals surface area contributed by atoms with Gasteiger partial charge in [-0.25, -0.2) is 4.99 Å². The van der Waals surface area contributed by atoms with Crippen molar-refractivity contribution in [1.82, 2.24) is 0 Å². The normalized spacial score (nSPS) is 14.9. The number of aryl methyl sites for hydroxylation is 2. The second kappa shape index (κ2) is 13.9. The Morgan fingerprint density at radius 2 is 1.63 bits per heavy atom. The fraction of sp³-hybridized carbons (Fsp3) is 0.135. The van der Waals surface area contributed by atoms with E-state index in [2.05, 4.69) is 40.2 Å². The Bertz CT molecular complexity index is 2040. The number of anilines is 1. The Hall–Kier alpha value is -3.75. The number of carbonyl (C=O) groups excluding carboxylic acids is 1. The SMILES string of the molecule is CCOc1cc(/C=C2/SC(=Nc3ccc(C)c(Cl)c3)N(c3ccc(C)c(Cl)c3)C2=O)cc(Br)c1OCc1cccc2ccccc12. The van der Waals surface area contributed by atoms with E-state index in [1.54, 1.807) is 17.0 Å². The van der Waals surface area contributed by atoms with Crippen molar-refractivity contribution in [2.24, 2.45) is 4.99 Å². The summed E-state index contributed by atoms with van der Waals surface area (Å²) >= 11 is 17.9. The number of carbonyl (C=O) groups is 1. The van der Waals surface area contributed by atoms with Crippen LogP contribution in [0.25, 0.3) is 16.8 Å². The quantitative estimate of drug-likeness (QED) is 0.149. The van der Waals surface area contributed by atoms with Gasteiger partial charge >= 0.3 is 0 Å². The van der Waals surface area contributed by atoms with Crippen LogP contribution in [-0.4, -0.2) is 17.7 Å². The first-order chi connectivity index (χ1) is 22.2. The number of rotatable bonds is 8. The van der Waals surface area contributed by atoms with Crippen LogP contribution in [0.15, 0.2) is 105 Å². The first-order valence-electron chi connectivity index (χ1n) is 14.6. The van der Waals surface area contributed by atoms with Gasteiger partial charge in [-0.05, 0) is 124 Å². The van der Waals surface area contributed by atoms with Gasteiger partial charge < -0.3 is 9.47 Å². The third-order valence-corrected chi connectivity index (χ3v) is 9.85. The molecule has 0 saturated carbocycles. The first kappa shape index (κ1) is 32.2. The van der Waals surface area contributed by atoms with E-state index < -0.39 is 0 Å². The van der Waals surface area contributed by atoms with E-state index in [0.29, 0.717) is 60.7 Å². The molecule has 232 valence electrons. The number of benzene rings is 5. The second-order valence-electron chi connectivity index (χ2n) is 10.7. The lowest BCUT2D eigenvalue weighted by Gasteiger charge is -2.17. The molecule has 0 unspecified atom stereocenters. The van der Waals surface area contributed by atoms with E-state index in [4.69, 9.17) is 37.7 Å². The maximum Gasteiger partial charge on any atom is 0.271 e. The highest BCUT2D eigenvalue weighted by atomic mass is 79.9. The smallest absolute Gasteiger partial charge is 0.271 e. The molecule has 0 N–H and O–H groups in total. The first-order valence-corrected chi connectivity index (χ1v) is 17.0. The topological polar surface area (TPSA) is 51.1 Å². The second-order valence-corrected chi connectivity index (χ2v) is 13.4. The van der Waals surface area contributed by atoms with Gasteiger partial charge in [-0.2, -0.15) is 0 Å². The van der Waals surface area contributed by atoms with Crippen LogP contribution in [0.4, 0.5) is 11.4 Å². The van der Waals surface area contributed by atoms with Gasteiger partial charge in [-0.15, -0.1) is 0 Å². The molecule has 1 heterocycles. The van der Waals surface area contributed by atoms with Gasteiger partial charge in [0, 0.05) is 10.0 Å². The van der Waals surface area contributed by atoms with Crippen LogP contribution in [0, 0.1) is 13.8 Å². The molecule has 0 radical (unpaired) electrons. The molecule has 5 aromatic rings. The molecule has 9 heteroatoms. The highest BCUT2D eigenvalue weighted by Gasteiger charge is 2.35. The molecule has 6 rings (SSSR count). The summed E-state index contributed by atoms with van der Waals surface area (Å²) in [4.78, 5) is 20.9. The van der Waals surface area contributed by atoms with E-state index in [1.807, 2.05) is 81.4 Å². The number of hydrogen-bond donors (Lipinski definition) is 0. The number of amidine groups is 1. The van der Waals surface area contributed by atoms with E-state index in [1.165, 1.54) is 11.8 Å². The average molecular weight is 733 g/mol. The molecular weight excluding hydrogens is 703 g/mol. The third kappa shape index (κ3) is 6.83. The number of ether oxygens (including phenoxy) is 2. The van der Waals surface area contributed by atoms with Gasteiger partial charge in [0.1, 0.15) is 6.61 Å². The summed E-state index contributed by atoms with van der Waals surface area (Å²) in [5.74, 6) is 0.953. The number of thioether (sulfide) groups is 1. The molecule has 0 aliphatic carbocycles. The van der Waals surface area contributed by atoms with Gasteiger partial charge in [-0.1, -0.05) is 77.8 Å². The van der Waals surface area contributed by atoms with Crippen LogP contribution in [0.1, 0.15) is 29.2 Å². The highest BCUT2D eigenvalue weighted by molar-refractivity contribution is 9.10. The highest BCUT2D eigenvalue weighted by Crippen LogP contribution is 2.42. The Kier molecular flexibility index (Phi) is 9.76. The number of fused-ring (bicyclic) bond motifs is 1. The van der Waals surface area contributed by atoms with Crippen LogP contribution in [-0.2, 0) is 11.4 Å². The van der Waals surface area contributed by atoms with Crippen LogP contribution in [0.5, 0.6) is 11.5 Å². The van der Waals surface area contributed by atoms with Crippen LogP contribution in [0.3, 0.4) is 0 Å². The van der Waals surface area contributed by atoms with E-state index in [9.17, 15) is 4.79 Å². The Morgan fingerprint density at radius 3 is 2.39 bits per heavy atom. The monoisotopic (exact) mass is 730 g/mol. The number of hydrogen-bond acceptors (Lipinski definition) is 5. The van der Waals surface area contributed by atoms with Crippen molar-refractivity contribution >= 4 is 90.2 Å². The zero-order chi connectivity index (χ0) is 32.4. The average Bonchev–Trinajstić information content (AvgIpc) is 3.33. The Labute approximate surface area is 291 Å². The van der Waals surface area contributed by atoms with Gasteiger partial charge in [0.2, 0.25) is 0 Å². The van der Waals surface area contributed by atoms with Crippen molar-refractivity contribution in [2.45, 2.75) is 27.4 Å². The molecule has 5 nitrogen and oxygen atoms in total. The summed E-state index contributed by atoms with van der Waals surface area (Å²) in [6, 6.07) is 29.3. The molecular formula is C37H29BrCl2N2O3S. The molecule has 1 fully saturated rings. The Morgan fingerprint density at radius 1 is 0.891 bits per heavy atom. The zero-order valence-corrected chi connectivity index (χ0v) is 29.2. The number of nitrogens with zero attached hydrogens (tertiary/aromatic N) is 2. The van der Waals surface area contributed by atoms with Gasteiger partial charge in [0.15, 0.2) is 16.7 Å². The number of aliphatic imine (C=N–C) groups is 1. The van der Waals surface area contributed by atoms with Crippen molar-refractivity contribution in [3.63, 3.8) is 0 Å². The fourth-order valence-corrected chi connectivity index (χ4v) is 6.98. The molecule has 0 spiro atoms. The van der Waals surface area contributed by atoms with Crippen molar-refractivity contribution < 1.29 is 14.3 Å². The minimum Gasteiger partial charge on any atom is -0.490 e. The summed E-state index contributed by atoms with van der Waals surface area (Å²) in [7, 11) is 0. The number of amides is 1. The van der Waals surface area contributed by atoms with Crippen molar-refractivity contribution in [3.8, 4) is 11.5 Å². The molecule has 1 aliphatic rings. The summed E-state index contributed by atoms with van der Waals surface area (Å²) in [5.41, 5.74) is 4.98. The van der Waals surface area contributed by atoms with Crippen molar-refractivity contribution in [1.29, 1.82) is 0 Å². The lowest BCUT2D eigenvalue weighted by molar-refractivity contribution is -0.113. The summed E-state index contributed by atoms with van der Waals surface area (Å²) in [6.45, 7) is 6.59. The largest absolute Gasteiger partial charge is 0.490 e. The number of halogens is 3. The lowest BCUT2D eigenvalue weighted by Crippen LogP contribution is -2.28. The summed E-state index contributed by atoms with van der Waals surface area (Å²) in [6.07, 6.45) is 1.84. The maximum atomic E-state index is 14.0. The summed E-state index contributed by atoms with van der Waals surface area (Å²) in [5, 5.41) is 3.96. The van der Waals surface area contributed by atoms with Gasteiger partial charge in [0.05, 0.1) is 27.4 Å². The summed E-state index contributed by atoms with van der Waals surface area (Å²) < 4.78 is 13.1. The Balaban J connectivity index is 1.35. The predicted octanol–water partition coefficient (Wildman–Crippen LogP) is 11.3. The molecule has 1 saturated heterocycles. The van der Waals surface area contributed by atoms with E-state index >= 15 is 0 Å². The van der Waals surface area contributed by atoms with Crippen LogP contribution in [0.2, 0.25) is 10.0 Å². The minimum atomic E-state index is -0.216. The predicted molar refractivity (Wildman–Crippen MR) is 196 cm³/mol. The third-order valence-electron chi connectivity index (χ3n) is 7.48. The molecule has 1 amide bonds. The standard InChI is InChI=1S/C37H29BrCl2N2O3S/c1-4-44-33-17-24(16-30(38)35(33)45-21-26-10-7-9-25-8-5-6-11-29(25)26)18-34-36(43)42(28-15-13-23(3)32(40)20-28)37(46-34)41-27-14-12-22(2)31(39)19-27/h5-20H,4,21H2,1-3H3/b34-18+,41-37?. The van der Waals surface area contributed by atoms with Crippen LogP contribution < -0.4 is 14.4 Å². The van der Waals surface area contributed by atoms with Gasteiger partial charge in [-0.3, -0.25) is 9.69 Å². The maximum absolute atomic E-state index is 14.0. The lowest BCUT2D eigenvalue weighted by atomic mass is 10.1. The zero-order valence-electron chi connectivity index (χ0n) is 25.3. The molecule has 5 aromatic carbocycles. The molecule has 0 bridgehead atoms. The van der Waals surface area contributed by atoms with Crippen molar-refractivity contribution in [3.05, 3.63) is 133 Å². The fourth-order valence-electron chi connectivity index (χ4n) is 5.05. The molecule has 0 aromatic heterocycles. The minimum absolute atomic E-state index is 0.216. The van der Waals surface area contributed by atoms with E-state index in [0.717, 1.165) is 33.0 Å². The van der Waals surface area contributed by atoms with Crippen LogP contribution >= 0.6 is 50.9 Å². The molecule has 46 heavy (non-hydrogen) atoms.